The quantitative estimate of drug-likeness (QED) is 0.911. The molecule has 0 bridgehead atoms. The molecule has 0 aliphatic heterocycles. The van der Waals surface area contributed by atoms with Gasteiger partial charge in [0, 0.05) is 11.1 Å². The number of methoxy groups -OCH3 is 1. The van der Waals surface area contributed by atoms with Gasteiger partial charge < -0.3 is 15.8 Å². The molecule has 0 atom stereocenters. The van der Waals surface area contributed by atoms with Gasteiger partial charge in [0.2, 0.25) is 0 Å². The first-order chi connectivity index (χ1) is 9.51. The summed E-state index contributed by atoms with van der Waals surface area (Å²) in [6, 6.07) is 8.26. The smallest absolute Gasteiger partial charge is 0.274 e. The highest BCUT2D eigenvalue weighted by molar-refractivity contribution is 6.31. The van der Waals surface area contributed by atoms with E-state index in [1.54, 1.807) is 30.3 Å². The molecule has 20 heavy (non-hydrogen) atoms. The highest BCUT2D eigenvalue weighted by Gasteiger charge is 2.13. The average molecular weight is 292 g/mol. The monoisotopic (exact) mass is 291 g/mol. The summed E-state index contributed by atoms with van der Waals surface area (Å²) in [4.78, 5) is 16.1. The van der Waals surface area contributed by atoms with E-state index in [0.717, 1.165) is 5.56 Å². The maximum Gasteiger partial charge on any atom is 0.274 e. The first kappa shape index (κ1) is 14.1. The molecule has 104 valence electrons. The van der Waals surface area contributed by atoms with Crippen molar-refractivity contribution in [2.24, 2.45) is 0 Å². The molecule has 0 fully saturated rings. The van der Waals surface area contributed by atoms with E-state index in [0.29, 0.717) is 16.5 Å². The molecule has 6 heteroatoms. The van der Waals surface area contributed by atoms with Crippen LogP contribution in [0.2, 0.25) is 5.02 Å². The van der Waals surface area contributed by atoms with Gasteiger partial charge in [-0.3, -0.25) is 4.79 Å². The molecule has 5 nitrogen and oxygen atoms in total. The Balaban J connectivity index is 2.30. The average Bonchev–Trinajstić information content (AvgIpc) is 2.42. The molecule has 0 aliphatic rings. The Morgan fingerprint density at radius 3 is 2.80 bits per heavy atom. The second-order valence-electron chi connectivity index (χ2n) is 4.20. The summed E-state index contributed by atoms with van der Waals surface area (Å²) in [5.41, 5.74) is 7.16. The minimum atomic E-state index is -0.364. The molecule has 0 saturated heterocycles. The van der Waals surface area contributed by atoms with Crippen LogP contribution in [-0.4, -0.2) is 18.0 Å². The Hall–Kier alpha value is -2.27. The van der Waals surface area contributed by atoms with E-state index in [9.17, 15) is 4.79 Å². The number of rotatable bonds is 3. The van der Waals surface area contributed by atoms with Gasteiger partial charge in [-0.2, -0.15) is 0 Å². The molecule has 0 spiro atoms. The normalized spacial score (nSPS) is 10.2. The predicted octanol–water partition coefficient (Wildman–Crippen LogP) is 2.89. The summed E-state index contributed by atoms with van der Waals surface area (Å²) in [7, 11) is 1.51. The van der Waals surface area contributed by atoms with E-state index in [1.807, 2.05) is 6.92 Å². The molecule has 2 rings (SSSR count). The molecule has 0 unspecified atom stereocenters. The number of nitrogen functional groups attached to an aromatic ring is 1. The van der Waals surface area contributed by atoms with Crippen LogP contribution in [0.3, 0.4) is 0 Å². The summed E-state index contributed by atoms with van der Waals surface area (Å²) in [5, 5.41) is 3.30. The van der Waals surface area contributed by atoms with E-state index < -0.39 is 0 Å². The van der Waals surface area contributed by atoms with Crippen molar-refractivity contribution in [1.82, 2.24) is 4.98 Å². The van der Waals surface area contributed by atoms with Gasteiger partial charge in [0.25, 0.3) is 5.91 Å². The number of pyridine rings is 1. The van der Waals surface area contributed by atoms with Gasteiger partial charge in [0.1, 0.15) is 17.3 Å². The van der Waals surface area contributed by atoms with Gasteiger partial charge in [-0.15, -0.1) is 0 Å². The van der Waals surface area contributed by atoms with Crippen LogP contribution in [0.1, 0.15) is 16.1 Å². The van der Waals surface area contributed by atoms with Gasteiger partial charge in [0.05, 0.1) is 12.8 Å². The van der Waals surface area contributed by atoms with Crippen molar-refractivity contribution in [3.05, 3.63) is 46.6 Å². The number of aryl methyl sites for hydroxylation is 1. The zero-order valence-electron chi connectivity index (χ0n) is 11.1. The van der Waals surface area contributed by atoms with Gasteiger partial charge >= 0.3 is 0 Å². The van der Waals surface area contributed by atoms with Gasteiger partial charge in [0.15, 0.2) is 0 Å². The summed E-state index contributed by atoms with van der Waals surface area (Å²) in [5.74, 6) is 0.409. The fourth-order valence-electron chi connectivity index (χ4n) is 1.69. The number of anilines is 2. The number of nitrogens with one attached hydrogen (secondary N) is 1. The molecule has 2 aromatic rings. The Morgan fingerprint density at radius 2 is 2.15 bits per heavy atom. The first-order valence-corrected chi connectivity index (χ1v) is 6.27. The summed E-state index contributed by atoms with van der Waals surface area (Å²) in [6.07, 6.45) is 0. The van der Waals surface area contributed by atoms with Crippen LogP contribution >= 0.6 is 11.6 Å². The molecule has 1 aromatic heterocycles. The van der Waals surface area contributed by atoms with E-state index >= 15 is 0 Å². The van der Waals surface area contributed by atoms with Gasteiger partial charge in [-0.25, -0.2) is 4.98 Å². The highest BCUT2D eigenvalue weighted by atomic mass is 35.5. The van der Waals surface area contributed by atoms with Crippen LogP contribution in [0, 0.1) is 6.92 Å². The number of ether oxygens (including phenoxy) is 1. The number of amides is 1. The predicted molar refractivity (Wildman–Crippen MR) is 79.3 cm³/mol. The zero-order valence-corrected chi connectivity index (χ0v) is 11.9. The topological polar surface area (TPSA) is 77.2 Å². The van der Waals surface area contributed by atoms with Crippen LogP contribution in [0.25, 0.3) is 0 Å². The molecule has 0 aliphatic carbocycles. The van der Waals surface area contributed by atoms with Gasteiger partial charge in [-0.1, -0.05) is 17.7 Å². The molecule has 0 saturated carbocycles. The van der Waals surface area contributed by atoms with Crippen LogP contribution in [0.4, 0.5) is 11.5 Å². The molecule has 0 radical (unpaired) electrons. The standard InChI is InChI=1S/C14H14ClN3O2/c1-8-6-11(12(20-2)7-9(8)15)18-14(19)10-4-3-5-13(16)17-10/h3-7H,1-2H3,(H2,16,17)(H,18,19). The second kappa shape index (κ2) is 5.79. The van der Waals surface area contributed by atoms with Crippen molar-refractivity contribution in [2.75, 3.05) is 18.2 Å². The van der Waals surface area contributed by atoms with Gasteiger partial charge in [-0.05, 0) is 30.7 Å². The van der Waals surface area contributed by atoms with Crippen LogP contribution in [0.15, 0.2) is 30.3 Å². The number of hydrogen-bond acceptors (Lipinski definition) is 4. The van der Waals surface area contributed by atoms with Crippen molar-refractivity contribution < 1.29 is 9.53 Å². The number of nitrogens with two attached hydrogens (primary N) is 1. The third-order valence-electron chi connectivity index (χ3n) is 2.73. The Kier molecular flexibility index (Phi) is 4.10. The number of carbonyl (C=O) groups excluding carboxylic acids is 1. The summed E-state index contributed by atoms with van der Waals surface area (Å²) in [6.45, 7) is 1.84. The third kappa shape index (κ3) is 3.00. The number of halogens is 1. The minimum absolute atomic E-state index is 0.236. The number of carbonyl (C=O) groups is 1. The zero-order chi connectivity index (χ0) is 14.7. The fourth-order valence-corrected chi connectivity index (χ4v) is 1.85. The molecular formula is C14H14ClN3O2. The molecule has 3 N–H and O–H groups in total. The lowest BCUT2D eigenvalue weighted by atomic mass is 10.2. The second-order valence-corrected chi connectivity index (χ2v) is 4.61. The number of benzene rings is 1. The lowest BCUT2D eigenvalue weighted by Gasteiger charge is -2.12. The third-order valence-corrected chi connectivity index (χ3v) is 3.14. The van der Waals surface area contributed by atoms with E-state index in [1.165, 1.54) is 7.11 Å². The SMILES string of the molecule is COc1cc(Cl)c(C)cc1NC(=O)c1cccc(N)n1. The van der Waals surface area contributed by atoms with Crippen molar-refractivity contribution >= 4 is 29.0 Å². The van der Waals surface area contributed by atoms with E-state index in [2.05, 4.69) is 10.3 Å². The highest BCUT2D eigenvalue weighted by Crippen LogP contribution is 2.31. The molecule has 1 amide bonds. The number of nitrogens with zero attached hydrogens (tertiary/aromatic N) is 1. The Labute approximate surface area is 121 Å². The molecule has 1 aromatic carbocycles. The van der Waals surface area contributed by atoms with E-state index in [-0.39, 0.29) is 17.4 Å². The number of hydrogen-bond donors (Lipinski definition) is 2. The lowest BCUT2D eigenvalue weighted by Crippen LogP contribution is -2.15. The van der Waals surface area contributed by atoms with Crippen molar-refractivity contribution in [1.29, 1.82) is 0 Å². The van der Waals surface area contributed by atoms with E-state index in [4.69, 9.17) is 22.1 Å². The summed E-state index contributed by atoms with van der Waals surface area (Å²) < 4.78 is 5.20. The lowest BCUT2D eigenvalue weighted by molar-refractivity contribution is 0.102. The van der Waals surface area contributed by atoms with Crippen LogP contribution in [-0.2, 0) is 0 Å². The maximum absolute atomic E-state index is 12.1. The van der Waals surface area contributed by atoms with Crippen LogP contribution < -0.4 is 15.8 Å². The molecular weight excluding hydrogens is 278 g/mol. The minimum Gasteiger partial charge on any atom is -0.495 e. The van der Waals surface area contributed by atoms with Crippen molar-refractivity contribution in [2.45, 2.75) is 6.92 Å². The van der Waals surface area contributed by atoms with Crippen molar-refractivity contribution in [3.63, 3.8) is 0 Å². The Morgan fingerprint density at radius 1 is 1.40 bits per heavy atom. The maximum atomic E-state index is 12.1. The fraction of sp³-hybridized carbons (Fsp3) is 0.143. The largest absolute Gasteiger partial charge is 0.495 e. The van der Waals surface area contributed by atoms with Crippen LogP contribution in [0.5, 0.6) is 5.75 Å². The molecule has 1 heterocycles. The number of aromatic nitrogens is 1. The van der Waals surface area contributed by atoms with Crippen molar-refractivity contribution in [3.8, 4) is 5.75 Å². The Bertz CT molecular complexity index is 659. The summed E-state index contributed by atoms with van der Waals surface area (Å²) >= 11 is 6.02. The first-order valence-electron chi connectivity index (χ1n) is 5.89.